The number of anilines is 3. The summed E-state index contributed by atoms with van der Waals surface area (Å²) in [4.78, 5) is 58.5. The van der Waals surface area contributed by atoms with Gasteiger partial charge in [-0.2, -0.15) is 10.1 Å². The van der Waals surface area contributed by atoms with Crippen LogP contribution in [0.3, 0.4) is 0 Å². The standard InChI is InChI=1S/C21H44N2.C15H26N2O.C14H20N2O.C14H27NO5.C11H12N2O2.C10H16N2.C6H14N2.C3H9N/c1-3-5-7-9-11-14-18-22(23-20-16-13-17-21-23)19-15-12-10-8-6-4-2;1-13-8-9-15(14(2)12-13)18-11-7-6-10-17(5)16(3)4;1-3-4-9-16-14(17)8-10-15(16)13-7-5-6-12(2)11-13;1-3-5-11-19-13(16)7-9-15(18)10-8-14(17)20-12-6-4-2;1-9-3-2-4-10(7-9)12-6-5-11(15)13(12)8-14;1-9-6-5-7-10(8-9)12(4)11(2)3;1-7-5-3-4-6-8(7)2;1-4(2)3/h3-21H2,1-2H3;8-9,12H,6-7,10-11H2,1-5H3;5-7,11H,3-4,8-10H2,1-2H3;18H,3-12H2,1-2H3;2-4,7-8H,5-6H2,1H3;5-8H,1-4H3;3-6H2,1-2H3;1-3H3. The van der Waals surface area contributed by atoms with Crippen LogP contribution in [0.4, 0.5) is 17.1 Å². The number of carbonyl (C=O) groups is 5. The number of carbonyl (C=O) groups excluding carboxylic acids is 5. The highest BCUT2D eigenvalue weighted by Gasteiger charge is 2.30. The number of rotatable bonds is 42. The van der Waals surface area contributed by atoms with Crippen LogP contribution in [0.15, 0.2) is 91.0 Å². The van der Waals surface area contributed by atoms with Gasteiger partial charge in [0, 0.05) is 148 Å². The Labute approximate surface area is 713 Å². The Morgan fingerprint density at radius 3 is 1.36 bits per heavy atom. The van der Waals surface area contributed by atoms with Crippen LogP contribution < -0.4 is 19.8 Å². The lowest BCUT2D eigenvalue weighted by Gasteiger charge is -2.37. The quantitative estimate of drug-likeness (QED) is 0.0191. The normalized spacial score (nSPS) is 14.3. The molecular weight excluding hydrogens is 1470 g/mol. The summed E-state index contributed by atoms with van der Waals surface area (Å²) in [6, 6.07) is 30.9. The topological polar surface area (TPSA) is 179 Å². The summed E-state index contributed by atoms with van der Waals surface area (Å²) in [6.07, 6.45) is 33.9. The number of amides is 3. The van der Waals surface area contributed by atoms with Crippen molar-refractivity contribution in [2.24, 2.45) is 0 Å². The van der Waals surface area contributed by atoms with Gasteiger partial charge in [-0.05, 0) is 191 Å². The smallest absolute Gasteiger partial charge is 0.307 e. The van der Waals surface area contributed by atoms with Gasteiger partial charge >= 0.3 is 11.9 Å². The average Bonchev–Trinajstić information content (AvgIpc) is 1.70. The summed E-state index contributed by atoms with van der Waals surface area (Å²) in [7, 11) is 22.6. The largest absolute Gasteiger partial charge is 0.493 e. The summed E-state index contributed by atoms with van der Waals surface area (Å²) in [5.74, 6) is 0.457. The van der Waals surface area contributed by atoms with Crippen LogP contribution in [0, 0.1) is 34.6 Å². The molecule has 4 aromatic rings. The first kappa shape index (κ1) is 108. The van der Waals surface area contributed by atoms with Gasteiger partial charge in [0.2, 0.25) is 18.2 Å². The number of hydroxylamine groups is 2. The van der Waals surface area contributed by atoms with Crippen LogP contribution in [-0.2, 0) is 33.4 Å². The summed E-state index contributed by atoms with van der Waals surface area (Å²) in [5, 5.41) is 35.7. The van der Waals surface area contributed by atoms with Crippen molar-refractivity contribution < 1.29 is 43.4 Å². The molecule has 4 aliphatic rings. The van der Waals surface area contributed by atoms with Gasteiger partial charge in [-0.1, -0.05) is 179 Å². The number of imide groups is 1. The number of nitrogens with zero attached hydrogens (tertiary/aromatic N) is 14. The van der Waals surface area contributed by atoms with Crippen LogP contribution >= 0.6 is 0 Å². The fourth-order valence-electron chi connectivity index (χ4n) is 12.8. The zero-order valence-electron chi connectivity index (χ0n) is 77.8. The van der Waals surface area contributed by atoms with E-state index in [0.29, 0.717) is 39.0 Å². The maximum Gasteiger partial charge on any atom is 0.307 e. The van der Waals surface area contributed by atoms with E-state index >= 15 is 0 Å². The molecule has 117 heavy (non-hydrogen) atoms. The average molecular weight is 1640 g/mol. The second-order valence-electron chi connectivity index (χ2n) is 32.3. The number of piperidine rings is 1. The monoisotopic (exact) mass is 1640 g/mol. The van der Waals surface area contributed by atoms with Crippen molar-refractivity contribution in [1.82, 2.24) is 55.0 Å². The Hall–Kier alpha value is -6.77. The molecule has 0 bridgehead atoms. The molecule has 3 amide bonds. The van der Waals surface area contributed by atoms with E-state index in [4.69, 9.17) is 14.2 Å². The van der Waals surface area contributed by atoms with E-state index in [1.165, 1.54) is 176 Å². The van der Waals surface area contributed by atoms with E-state index < -0.39 is 0 Å². The summed E-state index contributed by atoms with van der Waals surface area (Å²) < 4.78 is 15.7. The third kappa shape index (κ3) is 52.1. The molecule has 668 valence electrons. The van der Waals surface area contributed by atoms with Crippen molar-refractivity contribution in [2.75, 3.05) is 191 Å². The Morgan fingerprint density at radius 1 is 0.453 bits per heavy atom. The number of aryl methyl sites for hydroxylation is 5. The van der Waals surface area contributed by atoms with Crippen LogP contribution in [0.5, 0.6) is 5.75 Å². The van der Waals surface area contributed by atoms with Gasteiger partial charge in [-0.3, -0.25) is 39.0 Å². The van der Waals surface area contributed by atoms with E-state index in [-0.39, 0.29) is 49.7 Å². The predicted octanol–water partition coefficient (Wildman–Crippen LogP) is 17.9. The molecule has 0 radical (unpaired) electrons. The van der Waals surface area contributed by atoms with Crippen molar-refractivity contribution in [3.63, 3.8) is 0 Å². The van der Waals surface area contributed by atoms with Gasteiger partial charge in [0.25, 0.3) is 0 Å². The lowest BCUT2D eigenvalue weighted by Crippen LogP contribution is -2.46. The minimum absolute atomic E-state index is 0.116. The molecular formula is C94H168N14O9. The second-order valence-corrected chi connectivity index (χ2v) is 32.3. The van der Waals surface area contributed by atoms with Crippen molar-refractivity contribution in [1.29, 1.82) is 0 Å². The van der Waals surface area contributed by atoms with Crippen molar-refractivity contribution >= 4 is 47.2 Å². The predicted molar refractivity (Wildman–Crippen MR) is 488 cm³/mol. The van der Waals surface area contributed by atoms with E-state index in [2.05, 4.69) is 196 Å². The molecule has 4 saturated heterocycles. The molecule has 8 rings (SSSR count). The SMILES string of the molecule is CCCCCCCCN(CCCCCCCC)N1CCCCC1.CCCCN1C(=O)CCN1c1cccc(C)c1.CCCCOC(=O)CCN(O)CCC(=O)OCCCC.CN(C)C.CN1CCCCN1C.Cc1ccc(OCCCCN(C)N(C)C)c(C)c1.Cc1cccc(N(C)N(C)C)c1.Cc1cccc(N2CCC(=O)N2C=O)c1. The molecule has 4 fully saturated rings. The molecule has 4 aromatic carbocycles. The summed E-state index contributed by atoms with van der Waals surface area (Å²) in [5.41, 5.74) is 9.38. The molecule has 0 saturated carbocycles. The molecule has 23 heteroatoms. The Morgan fingerprint density at radius 2 is 0.897 bits per heavy atom. The number of hydrazine groups is 6. The van der Waals surface area contributed by atoms with Crippen molar-refractivity contribution in [3.05, 3.63) is 119 Å². The fourth-order valence-corrected chi connectivity index (χ4v) is 12.8. The lowest BCUT2D eigenvalue weighted by molar-refractivity contribution is -0.152. The molecule has 0 aromatic heterocycles. The minimum atomic E-state index is -0.331. The first-order valence-electron chi connectivity index (χ1n) is 44.7. The third-order valence-electron chi connectivity index (χ3n) is 20.5. The zero-order valence-corrected chi connectivity index (χ0v) is 77.8. The van der Waals surface area contributed by atoms with Crippen molar-refractivity contribution in [2.45, 2.75) is 255 Å². The van der Waals surface area contributed by atoms with E-state index in [9.17, 15) is 29.2 Å². The summed E-state index contributed by atoms with van der Waals surface area (Å²) in [6.45, 7) is 34.1. The van der Waals surface area contributed by atoms with Gasteiger partial charge in [-0.15, -0.1) is 0 Å². The number of hydrogen-bond donors (Lipinski definition) is 1. The lowest BCUT2D eigenvalue weighted by atomic mass is 10.1. The Balaban J connectivity index is 0.000000686. The molecule has 4 aliphatic heterocycles. The number of unbranched alkanes of at least 4 members (excludes halogenated alkanes) is 14. The molecule has 1 N–H and O–H groups in total. The Kier molecular flexibility index (Phi) is 62.9. The molecule has 0 unspecified atom stereocenters. The molecule has 0 aliphatic carbocycles. The third-order valence-corrected chi connectivity index (χ3v) is 20.5. The molecule has 23 nitrogen and oxygen atoms in total. The van der Waals surface area contributed by atoms with Gasteiger partial charge in [0.05, 0.1) is 49.7 Å². The maximum absolute atomic E-state index is 11.8. The first-order valence-corrected chi connectivity index (χ1v) is 44.7. The molecule has 0 atom stereocenters. The second kappa shape index (κ2) is 67.9. The van der Waals surface area contributed by atoms with E-state index in [0.717, 1.165) is 110 Å². The first-order chi connectivity index (χ1) is 56.1. The number of ether oxygens (including phenoxy) is 3. The highest BCUT2D eigenvalue weighted by Crippen LogP contribution is 2.26. The van der Waals surface area contributed by atoms with Crippen LogP contribution in [0.2, 0.25) is 0 Å². The number of hydrogen-bond acceptors (Lipinski definition) is 21. The minimum Gasteiger partial charge on any atom is -0.493 e. The molecule has 4 heterocycles. The van der Waals surface area contributed by atoms with Gasteiger partial charge in [-0.25, -0.2) is 35.1 Å². The summed E-state index contributed by atoms with van der Waals surface area (Å²) >= 11 is 0. The highest BCUT2D eigenvalue weighted by molar-refractivity contribution is 5.91. The number of esters is 2. The molecule has 0 spiro atoms. The zero-order chi connectivity index (χ0) is 87.1. The number of benzene rings is 4. The van der Waals surface area contributed by atoms with E-state index in [1.807, 2.05) is 96.3 Å². The highest BCUT2D eigenvalue weighted by atomic mass is 16.5. The van der Waals surface area contributed by atoms with Gasteiger partial charge < -0.3 is 29.3 Å². The fraction of sp³-hybridized carbons (Fsp3) is 0.691. The van der Waals surface area contributed by atoms with Crippen molar-refractivity contribution in [3.8, 4) is 5.75 Å². The van der Waals surface area contributed by atoms with Crippen LogP contribution in [0.1, 0.15) is 249 Å². The van der Waals surface area contributed by atoms with Crippen LogP contribution in [-0.4, -0.2) is 266 Å². The van der Waals surface area contributed by atoms with Gasteiger partial charge in [0.15, 0.2) is 0 Å². The maximum atomic E-state index is 11.8. The van der Waals surface area contributed by atoms with Gasteiger partial charge in [0.1, 0.15) is 5.75 Å². The Bertz CT molecular complexity index is 3120. The van der Waals surface area contributed by atoms with E-state index in [1.54, 1.807) is 5.01 Å². The van der Waals surface area contributed by atoms with Crippen LogP contribution in [0.25, 0.3) is 0 Å².